The minimum Gasteiger partial charge on any atom is -0.481 e. The van der Waals surface area contributed by atoms with Gasteiger partial charge < -0.3 is 14.8 Å². The highest BCUT2D eigenvalue weighted by atomic mass is 32.2. The number of aryl methyl sites for hydroxylation is 1. The average Bonchev–Trinajstić information content (AvgIpc) is 3.27. The summed E-state index contributed by atoms with van der Waals surface area (Å²) >= 11 is 1.47. The van der Waals surface area contributed by atoms with E-state index >= 15 is 0 Å². The van der Waals surface area contributed by atoms with E-state index in [0.29, 0.717) is 10.8 Å². The molecule has 0 saturated heterocycles. The van der Waals surface area contributed by atoms with E-state index in [2.05, 4.69) is 25.0 Å². The van der Waals surface area contributed by atoms with Crippen molar-refractivity contribution in [3.8, 4) is 23.1 Å². The molecule has 0 unspecified atom stereocenters. The molecule has 2 aromatic carbocycles. The molecule has 0 fully saturated rings. The summed E-state index contributed by atoms with van der Waals surface area (Å²) in [4.78, 5) is 12.6. The lowest BCUT2D eigenvalue weighted by Crippen LogP contribution is -2.14. The van der Waals surface area contributed by atoms with E-state index in [1.165, 1.54) is 49.3 Å². The molecule has 0 atom stereocenters. The minimum atomic E-state index is -3.88. The van der Waals surface area contributed by atoms with Gasteiger partial charge in [0.05, 0.1) is 24.8 Å². The van der Waals surface area contributed by atoms with Gasteiger partial charge in [-0.25, -0.2) is 13.4 Å². The topological polar surface area (TPSA) is 115 Å². The monoisotopic (exact) mass is 483 g/mol. The fourth-order valence-corrected chi connectivity index (χ4v) is 4.61. The lowest BCUT2D eigenvalue weighted by atomic mass is 10.1. The molecule has 11 heteroatoms. The second-order valence-corrected chi connectivity index (χ2v) is 9.48. The van der Waals surface area contributed by atoms with Gasteiger partial charge in [0.25, 0.3) is 10.0 Å². The number of anilines is 3. The number of methoxy groups -OCH3 is 2. The minimum absolute atomic E-state index is 0.0138. The fraction of sp³-hybridized carbons (Fsp3) is 0.136. The van der Waals surface area contributed by atoms with Gasteiger partial charge in [0.1, 0.15) is 0 Å². The third-order valence-electron chi connectivity index (χ3n) is 4.58. The van der Waals surface area contributed by atoms with Crippen LogP contribution in [0.5, 0.6) is 11.9 Å². The molecule has 0 bridgehead atoms. The SMILES string of the molecule is COc1cc(NS(=O)(=O)c2ccc(Nc3nc(-c4ccc(C)cc4)cs3)cc2)nc(OC)n1. The number of ether oxygens (including phenoxy) is 2. The van der Waals surface area contributed by atoms with Crippen LogP contribution < -0.4 is 19.5 Å². The van der Waals surface area contributed by atoms with Crippen molar-refractivity contribution in [1.82, 2.24) is 15.0 Å². The van der Waals surface area contributed by atoms with Gasteiger partial charge >= 0.3 is 6.01 Å². The lowest BCUT2D eigenvalue weighted by molar-refractivity contribution is 0.353. The number of benzene rings is 2. The molecule has 0 radical (unpaired) electrons. The van der Waals surface area contributed by atoms with E-state index in [9.17, 15) is 8.42 Å². The molecule has 2 heterocycles. The first kappa shape index (κ1) is 22.5. The second-order valence-electron chi connectivity index (χ2n) is 6.94. The molecular formula is C22H21N5O4S2. The highest BCUT2D eigenvalue weighted by Crippen LogP contribution is 2.28. The molecule has 0 spiro atoms. The Morgan fingerprint density at radius 2 is 1.64 bits per heavy atom. The van der Waals surface area contributed by atoms with Gasteiger partial charge in [-0.05, 0) is 31.2 Å². The molecular weight excluding hydrogens is 462 g/mol. The molecule has 4 rings (SSSR count). The maximum atomic E-state index is 12.8. The fourth-order valence-electron chi connectivity index (χ4n) is 2.88. The molecule has 0 aliphatic rings. The summed E-state index contributed by atoms with van der Waals surface area (Å²) in [6, 6.07) is 15.8. The van der Waals surface area contributed by atoms with E-state index in [4.69, 9.17) is 9.47 Å². The smallest absolute Gasteiger partial charge is 0.321 e. The molecule has 170 valence electrons. The number of rotatable bonds is 8. The zero-order valence-corrected chi connectivity index (χ0v) is 19.7. The molecule has 0 aliphatic heterocycles. The van der Waals surface area contributed by atoms with Gasteiger partial charge in [0.2, 0.25) is 5.88 Å². The third-order valence-corrected chi connectivity index (χ3v) is 6.71. The quantitative estimate of drug-likeness (QED) is 0.377. The zero-order chi connectivity index (χ0) is 23.4. The predicted molar refractivity (Wildman–Crippen MR) is 128 cm³/mol. The van der Waals surface area contributed by atoms with Crippen LogP contribution in [0.2, 0.25) is 0 Å². The second kappa shape index (κ2) is 9.43. The number of hydrogen-bond acceptors (Lipinski definition) is 9. The number of nitrogens with zero attached hydrogens (tertiary/aromatic N) is 3. The molecule has 2 aromatic heterocycles. The summed E-state index contributed by atoms with van der Waals surface area (Å²) in [6.07, 6.45) is 0. The van der Waals surface area contributed by atoms with E-state index in [0.717, 1.165) is 11.3 Å². The Hall–Kier alpha value is -3.70. The van der Waals surface area contributed by atoms with Gasteiger partial charge in [0.15, 0.2) is 10.9 Å². The lowest BCUT2D eigenvalue weighted by Gasteiger charge is -2.10. The van der Waals surface area contributed by atoms with Crippen molar-refractivity contribution in [2.45, 2.75) is 11.8 Å². The van der Waals surface area contributed by atoms with Crippen LogP contribution in [0.3, 0.4) is 0 Å². The molecule has 0 aliphatic carbocycles. The van der Waals surface area contributed by atoms with Crippen LogP contribution in [0.15, 0.2) is 64.9 Å². The Kier molecular flexibility index (Phi) is 6.43. The summed E-state index contributed by atoms with van der Waals surface area (Å²) in [7, 11) is -1.09. The number of sulfonamides is 1. The number of thiazole rings is 1. The van der Waals surface area contributed by atoms with Gasteiger partial charge in [-0.15, -0.1) is 11.3 Å². The van der Waals surface area contributed by atoms with E-state index in [1.807, 2.05) is 36.6 Å². The number of nitrogens with one attached hydrogen (secondary N) is 2. The third kappa shape index (κ3) is 5.38. The van der Waals surface area contributed by atoms with Crippen LogP contribution in [-0.2, 0) is 10.0 Å². The maximum absolute atomic E-state index is 12.8. The summed E-state index contributed by atoms with van der Waals surface area (Å²) in [5.74, 6) is 0.208. The Morgan fingerprint density at radius 1 is 0.909 bits per heavy atom. The van der Waals surface area contributed by atoms with Gasteiger partial charge in [-0.2, -0.15) is 9.97 Å². The first-order chi connectivity index (χ1) is 15.9. The van der Waals surface area contributed by atoms with Crippen molar-refractivity contribution in [2.75, 3.05) is 24.3 Å². The van der Waals surface area contributed by atoms with E-state index in [-0.39, 0.29) is 22.6 Å². The van der Waals surface area contributed by atoms with Gasteiger partial charge in [-0.3, -0.25) is 4.72 Å². The number of aromatic nitrogens is 3. The zero-order valence-electron chi connectivity index (χ0n) is 18.1. The summed E-state index contributed by atoms with van der Waals surface area (Å²) < 4.78 is 38.0. The van der Waals surface area contributed by atoms with Gasteiger partial charge in [0, 0.05) is 22.7 Å². The Labute approximate surface area is 195 Å². The molecule has 4 aromatic rings. The first-order valence-electron chi connectivity index (χ1n) is 9.76. The van der Waals surface area contributed by atoms with Crippen LogP contribution in [0.1, 0.15) is 5.56 Å². The van der Waals surface area contributed by atoms with E-state index in [1.54, 1.807) is 12.1 Å². The Bertz CT molecular complexity index is 1330. The molecule has 33 heavy (non-hydrogen) atoms. The van der Waals surface area contributed by atoms with Crippen LogP contribution >= 0.6 is 11.3 Å². The standard InChI is InChI=1S/C22H21N5O4S2/c1-14-4-6-15(7-5-14)18-13-32-22(24-18)23-16-8-10-17(11-9-16)33(28,29)27-19-12-20(30-2)26-21(25-19)31-3/h4-13H,1-3H3,(H,23,24)(H,25,26,27). The van der Waals surface area contributed by atoms with Crippen molar-refractivity contribution in [2.24, 2.45) is 0 Å². The average molecular weight is 484 g/mol. The summed E-state index contributed by atoms with van der Waals surface area (Å²) in [6.45, 7) is 2.04. The van der Waals surface area contributed by atoms with Crippen molar-refractivity contribution in [1.29, 1.82) is 0 Å². The van der Waals surface area contributed by atoms with Crippen molar-refractivity contribution < 1.29 is 17.9 Å². The van der Waals surface area contributed by atoms with Crippen LogP contribution in [0.4, 0.5) is 16.6 Å². The molecule has 9 nitrogen and oxygen atoms in total. The first-order valence-corrected chi connectivity index (χ1v) is 12.1. The van der Waals surface area contributed by atoms with Crippen molar-refractivity contribution >= 4 is 38.0 Å². The molecule has 0 amide bonds. The largest absolute Gasteiger partial charge is 0.481 e. The van der Waals surface area contributed by atoms with Crippen molar-refractivity contribution in [3.63, 3.8) is 0 Å². The maximum Gasteiger partial charge on any atom is 0.321 e. The van der Waals surface area contributed by atoms with Crippen LogP contribution in [0, 0.1) is 6.92 Å². The number of hydrogen-bond donors (Lipinski definition) is 2. The van der Waals surface area contributed by atoms with Crippen LogP contribution in [-0.4, -0.2) is 37.6 Å². The van der Waals surface area contributed by atoms with Crippen molar-refractivity contribution in [3.05, 3.63) is 65.5 Å². The Balaban J connectivity index is 1.47. The van der Waals surface area contributed by atoms with E-state index < -0.39 is 10.0 Å². The Morgan fingerprint density at radius 3 is 2.30 bits per heavy atom. The van der Waals surface area contributed by atoms with Crippen LogP contribution in [0.25, 0.3) is 11.3 Å². The normalized spacial score (nSPS) is 11.1. The highest BCUT2D eigenvalue weighted by molar-refractivity contribution is 7.92. The van der Waals surface area contributed by atoms with Gasteiger partial charge in [-0.1, -0.05) is 29.8 Å². The summed E-state index contributed by atoms with van der Waals surface area (Å²) in [5.41, 5.74) is 3.82. The molecule has 2 N–H and O–H groups in total. The molecule has 0 saturated carbocycles. The predicted octanol–water partition coefficient (Wildman–Crippen LogP) is 4.47. The highest BCUT2D eigenvalue weighted by Gasteiger charge is 2.17. The summed E-state index contributed by atoms with van der Waals surface area (Å²) in [5, 5.41) is 5.88.